The van der Waals surface area contributed by atoms with Crippen molar-refractivity contribution in [1.82, 2.24) is 15.2 Å². The summed E-state index contributed by atoms with van der Waals surface area (Å²) >= 11 is 3.20. The lowest BCUT2D eigenvalue weighted by atomic mass is 10.0. The van der Waals surface area contributed by atoms with Gasteiger partial charge in [-0.25, -0.2) is 9.37 Å². The molecular formula is C12H15BrFN3O. The van der Waals surface area contributed by atoms with Crippen LogP contribution in [0.5, 0.6) is 0 Å². The fourth-order valence-electron chi connectivity index (χ4n) is 2.00. The largest absolute Gasteiger partial charge is 0.345 e. The number of alkyl halides is 1. The number of hydrogen-bond donors (Lipinski definition) is 1. The monoisotopic (exact) mass is 315 g/mol. The number of rotatable bonds is 2. The summed E-state index contributed by atoms with van der Waals surface area (Å²) in [6.45, 7) is 1.15. The Balaban J connectivity index is 1.99. The molecule has 0 aromatic carbocycles. The summed E-state index contributed by atoms with van der Waals surface area (Å²) < 4.78 is 14.4. The molecule has 0 bridgehead atoms. The van der Waals surface area contributed by atoms with Gasteiger partial charge in [0.05, 0.1) is 6.04 Å². The van der Waals surface area contributed by atoms with E-state index in [0.717, 1.165) is 6.54 Å². The highest BCUT2D eigenvalue weighted by Crippen LogP contribution is 2.13. The molecule has 1 aliphatic heterocycles. The Hall–Kier alpha value is -1.01. The normalized spacial score (nSPS) is 24.8. The van der Waals surface area contributed by atoms with E-state index in [1.807, 2.05) is 11.9 Å². The minimum atomic E-state index is -1.03. The molecule has 1 saturated heterocycles. The van der Waals surface area contributed by atoms with Crippen LogP contribution in [0.25, 0.3) is 0 Å². The van der Waals surface area contributed by atoms with Crippen molar-refractivity contribution in [3.63, 3.8) is 0 Å². The summed E-state index contributed by atoms with van der Waals surface area (Å²) in [4.78, 5) is 17.9. The van der Waals surface area contributed by atoms with Gasteiger partial charge in [0.1, 0.15) is 16.5 Å². The average molecular weight is 316 g/mol. The van der Waals surface area contributed by atoms with Gasteiger partial charge in [-0.2, -0.15) is 0 Å². The van der Waals surface area contributed by atoms with E-state index in [-0.39, 0.29) is 5.91 Å². The number of nitrogens with one attached hydrogen (secondary N) is 1. The summed E-state index contributed by atoms with van der Waals surface area (Å²) in [5, 5.41) is 2.71. The maximum atomic E-state index is 13.8. The number of hydrogen-bond acceptors (Lipinski definition) is 3. The van der Waals surface area contributed by atoms with Crippen LogP contribution in [0.2, 0.25) is 0 Å². The highest BCUT2D eigenvalue weighted by Gasteiger charge is 2.29. The van der Waals surface area contributed by atoms with Gasteiger partial charge in [0.2, 0.25) is 0 Å². The number of piperidine rings is 1. The second-order valence-corrected chi connectivity index (χ2v) is 5.30. The zero-order valence-corrected chi connectivity index (χ0v) is 11.7. The third-order valence-corrected chi connectivity index (χ3v) is 3.45. The van der Waals surface area contributed by atoms with Gasteiger partial charge in [0.15, 0.2) is 0 Å². The lowest BCUT2D eigenvalue weighted by Gasteiger charge is -2.32. The number of carbonyl (C=O) groups excluding carboxylic acids is 1. The molecule has 18 heavy (non-hydrogen) atoms. The molecule has 0 aliphatic carbocycles. The number of amides is 1. The first-order valence-electron chi connectivity index (χ1n) is 5.82. The SMILES string of the molecule is CN1CCC(NC(=O)c2cccc(Br)n2)C(F)C1. The predicted octanol–water partition coefficient (Wildman–Crippen LogP) is 1.62. The summed E-state index contributed by atoms with van der Waals surface area (Å²) in [6, 6.07) is 4.66. The van der Waals surface area contributed by atoms with Crippen LogP contribution in [0.3, 0.4) is 0 Å². The predicted molar refractivity (Wildman–Crippen MR) is 70.2 cm³/mol. The molecule has 98 valence electrons. The van der Waals surface area contributed by atoms with Crippen molar-refractivity contribution in [2.45, 2.75) is 18.6 Å². The first-order valence-corrected chi connectivity index (χ1v) is 6.61. The molecule has 2 rings (SSSR count). The molecule has 4 nitrogen and oxygen atoms in total. The van der Waals surface area contributed by atoms with E-state index in [9.17, 15) is 9.18 Å². The summed E-state index contributed by atoms with van der Waals surface area (Å²) in [5.74, 6) is -0.325. The fourth-order valence-corrected chi connectivity index (χ4v) is 2.34. The van der Waals surface area contributed by atoms with E-state index in [1.54, 1.807) is 18.2 Å². The Morgan fingerprint density at radius 1 is 1.61 bits per heavy atom. The highest BCUT2D eigenvalue weighted by molar-refractivity contribution is 9.10. The molecule has 1 aliphatic rings. The summed E-state index contributed by atoms with van der Waals surface area (Å²) in [6.07, 6.45) is -0.405. The Bertz CT molecular complexity index is 443. The molecule has 1 aromatic heterocycles. The van der Waals surface area contributed by atoms with Crippen LogP contribution >= 0.6 is 15.9 Å². The van der Waals surface area contributed by atoms with Crippen LogP contribution in [0.1, 0.15) is 16.9 Å². The van der Waals surface area contributed by atoms with Crippen molar-refractivity contribution in [3.05, 3.63) is 28.5 Å². The van der Waals surface area contributed by atoms with Crippen molar-refractivity contribution in [3.8, 4) is 0 Å². The number of halogens is 2. The zero-order chi connectivity index (χ0) is 13.1. The molecule has 0 radical (unpaired) electrons. The Kier molecular flexibility index (Phi) is 4.29. The van der Waals surface area contributed by atoms with Gasteiger partial charge >= 0.3 is 0 Å². The van der Waals surface area contributed by atoms with Crippen molar-refractivity contribution in [2.75, 3.05) is 20.1 Å². The smallest absolute Gasteiger partial charge is 0.270 e. The number of aromatic nitrogens is 1. The van der Waals surface area contributed by atoms with Crippen LogP contribution in [-0.2, 0) is 0 Å². The molecular weight excluding hydrogens is 301 g/mol. The van der Waals surface area contributed by atoms with Crippen LogP contribution in [-0.4, -0.2) is 48.1 Å². The molecule has 1 N–H and O–H groups in total. The van der Waals surface area contributed by atoms with E-state index >= 15 is 0 Å². The van der Waals surface area contributed by atoms with Gasteiger partial charge in [0, 0.05) is 13.1 Å². The topological polar surface area (TPSA) is 45.2 Å². The number of carbonyl (C=O) groups is 1. The van der Waals surface area contributed by atoms with Gasteiger partial charge in [-0.1, -0.05) is 6.07 Å². The van der Waals surface area contributed by atoms with Gasteiger partial charge in [-0.05, 0) is 41.5 Å². The van der Waals surface area contributed by atoms with Gasteiger partial charge in [0.25, 0.3) is 5.91 Å². The third-order valence-electron chi connectivity index (χ3n) is 3.01. The Labute approximate surface area is 114 Å². The van der Waals surface area contributed by atoms with Crippen molar-refractivity contribution in [2.24, 2.45) is 0 Å². The van der Waals surface area contributed by atoms with Crippen molar-refractivity contribution < 1.29 is 9.18 Å². The number of pyridine rings is 1. The molecule has 2 heterocycles. The van der Waals surface area contributed by atoms with Crippen LogP contribution in [0.15, 0.2) is 22.8 Å². The number of nitrogens with zero attached hydrogens (tertiary/aromatic N) is 2. The zero-order valence-electron chi connectivity index (χ0n) is 10.1. The second-order valence-electron chi connectivity index (χ2n) is 4.49. The third kappa shape index (κ3) is 3.26. The number of likely N-dealkylation sites (tertiary alicyclic amines) is 1. The maximum Gasteiger partial charge on any atom is 0.270 e. The van der Waals surface area contributed by atoms with Crippen LogP contribution in [0.4, 0.5) is 4.39 Å². The summed E-state index contributed by atoms with van der Waals surface area (Å²) in [7, 11) is 1.88. The van der Waals surface area contributed by atoms with Gasteiger partial charge < -0.3 is 10.2 Å². The van der Waals surface area contributed by atoms with Crippen LogP contribution < -0.4 is 5.32 Å². The molecule has 1 amide bonds. The minimum Gasteiger partial charge on any atom is -0.345 e. The first-order chi connectivity index (χ1) is 8.56. The molecule has 0 spiro atoms. The molecule has 2 atom stereocenters. The standard InChI is InChI=1S/C12H15BrFN3O/c1-17-6-5-9(8(14)7-17)16-12(18)10-3-2-4-11(13)15-10/h2-4,8-9H,5-7H2,1H3,(H,16,18). The molecule has 2 unspecified atom stereocenters. The lowest BCUT2D eigenvalue weighted by Crippen LogP contribution is -2.51. The summed E-state index contributed by atoms with van der Waals surface area (Å²) in [5.41, 5.74) is 0.301. The molecule has 0 saturated carbocycles. The van der Waals surface area contributed by atoms with E-state index in [2.05, 4.69) is 26.2 Å². The highest BCUT2D eigenvalue weighted by atomic mass is 79.9. The van der Waals surface area contributed by atoms with Gasteiger partial charge in [-0.3, -0.25) is 4.79 Å². The van der Waals surface area contributed by atoms with E-state index in [4.69, 9.17) is 0 Å². The second kappa shape index (κ2) is 5.75. The van der Waals surface area contributed by atoms with Crippen molar-refractivity contribution in [1.29, 1.82) is 0 Å². The molecule has 1 aromatic rings. The first kappa shape index (κ1) is 13.4. The van der Waals surface area contributed by atoms with Gasteiger partial charge in [-0.15, -0.1) is 0 Å². The fraction of sp³-hybridized carbons (Fsp3) is 0.500. The van der Waals surface area contributed by atoms with E-state index in [0.29, 0.717) is 23.3 Å². The average Bonchev–Trinajstić information content (AvgIpc) is 2.32. The van der Waals surface area contributed by atoms with Crippen molar-refractivity contribution >= 4 is 21.8 Å². The maximum absolute atomic E-state index is 13.8. The van der Waals surface area contributed by atoms with E-state index in [1.165, 1.54) is 0 Å². The molecule has 1 fully saturated rings. The Morgan fingerprint density at radius 2 is 2.39 bits per heavy atom. The quantitative estimate of drug-likeness (QED) is 0.843. The lowest BCUT2D eigenvalue weighted by molar-refractivity contribution is 0.0817. The van der Waals surface area contributed by atoms with Crippen LogP contribution in [0, 0.1) is 0 Å². The Morgan fingerprint density at radius 3 is 3.06 bits per heavy atom. The van der Waals surface area contributed by atoms with E-state index < -0.39 is 12.2 Å². The molecule has 6 heteroatoms. The minimum absolute atomic E-state index is 0.301.